The van der Waals surface area contributed by atoms with Gasteiger partial charge in [0.25, 0.3) is 5.96 Å². The van der Waals surface area contributed by atoms with Gasteiger partial charge in [-0.2, -0.15) is 0 Å². The van der Waals surface area contributed by atoms with Crippen LogP contribution in [-0.2, 0) is 6.42 Å². The molecule has 0 radical (unpaired) electrons. The van der Waals surface area contributed by atoms with E-state index in [4.69, 9.17) is 11.5 Å². The average molecular weight is 324 g/mol. The van der Waals surface area contributed by atoms with Crippen LogP contribution in [0.5, 0.6) is 0 Å². The van der Waals surface area contributed by atoms with Gasteiger partial charge >= 0.3 is 0 Å². The Morgan fingerprint density at radius 2 is 2.17 bits per heavy atom. The maximum atomic E-state index is 10.1. The highest BCUT2D eigenvalue weighted by Gasteiger charge is 2.06. The summed E-state index contributed by atoms with van der Waals surface area (Å²) in [6.45, 7) is 2.01. The minimum atomic E-state index is -0.832. The first-order valence-electron chi connectivity index (χ1n) is 7.62. The van der Waals surface area contributed by atoms with E-state index in [0.29, 0.717) is 13.1 Å². The largest absolute Gasteiger partial charge is 0.383 e. The number of nitrogens with zero attached hydrogens (tertiary/aromatic N) is 2. The van der Waals surface area contributed by atoms with Gasteiger partial charge in [-0.3, -0.25) is 0 Å². The predicted molar refractivity (Wildman–Crippen MR) is 90.2 cm³/mol. The number of anilines is 1. The summed E-state index contributed by atoms with van der Waals surface area (Å²) in [4.78, 5) is 10.1. The molecule has 0 aliphatic rings. The minimum Gasteiger partial charge on any atom is -0.383 e. The van der Waals surface area contributed by atoms with E-state index in [0.717, 1.165) is 31.5 Å². The topological polar surface area (TPSA) is 159 Å². The molecule has 0 saturated carbocycles. The van der Waals surface area contributed by atoms with Gasteiger partial charge in [-0.05, 0) is 24.5 Å². The summed E-state index contributed by atoms with van der Waals surface area (Å²) in [7, 11) is 0. The Morgan fingerprint density at radius 3 is 2.87 bits per heavy atom. The Morgan fingerprint density at radius 1 is 1.43 bits per heavy atom. The third-order valence-electron chi connectivity index (χ3n) is 3.27. The molecule has 0 fully saturated rings. The van der Waals surface area contributed by atoms with E-state index in [2.05, 4.69) is 27.5 Å². The molecule has 9 heteroatoms. The number of rotatable bonds is 10. The number of hydrazone groups is 1. The van der Waals surface area contributed by atoms with Gasteiger partial charge in [0.05, 0.1) is 6.54 Å². The highest BCUT2D eigenvalue weighted by molar-refractivity contribution is 5.76. The van der Waals surface area contributed by atoms with Gasteiger partial charge in [0.2, 0.25) is 0 Å². The van der Waals surface area contributed by atoms with E-state index in [1.807, 2.05) is 18.2 Å². The van der Waals surface area contributed by atoms with Crippen molar-refractivity contribution in [2.24, 2.45) is 16.6 Å². The fraction of sp³-hybridized carbons (Fsp3) is 0.500. The van der Waals surface area contributed by atoms with Crippen molar-refractivity contribution in [1.82, 2.24) is 5.32 Å². The molecule has 0 aromatic heterocycles. The van der Waals surface area contributed by atoms with Gasteiger partial charge in [-0.25, -0.2) is 10.1 Å². The summed E-state index contributed by atoms with van der Waals surface area (Å²) in [5.74, 6) is -0.191. The molecule has 0 spiro atoms. The first-order valence-corrected chi connectivity index (χ1v) is 7.62. The molecule has 1 atom stereocenters. The molecule has 0 aliphatic carbocycles. The first-order chi connectivity index (χ1) is 11.0. The molecule has 1 aromatic rings. The lowest BCUT2D eigenvalue weighted by Crippen LogP contribution is -2.51. The fourth-order valence-corrected chi connectivity index (χ4v) is 2.15. The number of benzene rings is 1. The summed E-state index contributed by atoms with van der Waals surface area (Å²) in [6, 6.07) is 8.10. The zero-order chi connectivity index (χ0) is 17.1. The number of para-hydroxylation sites is 1. The van der Waals surface area contributed by atoms with Gasteiger partial charge in [-0.1, -0.05) is 18.2 Å². The van der Waals surface area contributed by atoms with Crippen molar-refractivity contribution in [2.75, 3.05) is 25.0 Å². The number of guanidine groups is 1. The van der Waals surface area contributed by atoms with E-state index < -0.39 is 5.03 Å². The quantitative estimate of drug-likeness (QED) is 0.123. The monoisotopic (exact) mass is 324 g/mol. The van der Waals surface area contributed by atoms with Crippen LogP contribution in [0.15, 0.2) is 29.4 Å². The molecule has 0 unspecified atom stereocenters. The van der Waals surface area contributed by atoms with Crippen LogP contribution >= 0.6 is 0 Å². The lowest BCUT2D eigenvalue weighted by atomic mass is 10.1. The maximum Gasteiger partial charge on any atom is 0.266 e. The number of nitrogens with one attached hydrogen (secondary N) is 2. The number of hydrogen-bond donors (Lipinski definition) is 5. The van der Waals surface area contributed by atoms with Gasteiger partial charge < -0.3 is 27.8 Å². The lowest BCUT2D eigenvalue weighted by molar-refractivity contribution is -0.485. The standard InChI is InChI=1S/C14H25N7O2/c15-8-7-11-4-1-2-6-13(11)19-10-12(16)5-3-9-18-14(17)20-21(22)23/h1-2,4,6,12,19H,3,5,7-10,15-16H2,(H3,17,18,20)/p+1/t12-/m0/s1. The van der Waals surface area contributed by atoms with Crippen molar-refractivity contribution in [3.63, 3.8) is 0 Å². The zero-order valence-corrected chi connectivity index (χ0v) is 13.2. The molecule has 9 N–H and O–H groups in total. The molecule has 0 amide bonds. The Balaban J connectivity index is 2.27. The SMILES string of the molecule is N/C(=N/[N+](=O)[O-])NCCC[C@H](N)CNc1ccccc1CC[NH3+]. The third-order valence-corrected chi connectivity index (χ3v) is 3.27. The predicted octanol–water partition coefficient (Wildman–Crippen LogP) is -0.914. The van der Waals surface area contributed by atoms with Gasteiger partial charge in [-0.15, -0.1) is 0 Å². The zero-order valence-electron chi connectivity index (χ0n) is 13.2. The minimum absolute atomic E-state index is 0.0155. The molecule has 0 bridgehead atoms. The summed E-state index contributed by atoms with van der Waals surface area (Å²) in [6.07, 6.45) is 2.44. The molecule has 0 aliphatic heterocycles. The van der Waals surface area contributed by atoms with Crippen LogP contribution in [-0.4, -0.2) is 36.7 Å². The molecule has 9 nitrogen and oxygen atoms in total. The molecular formula is C14H26N7O2+. The van der Waals surface area contributed by atoms with Crippen LogP contribution in [0.2, 0.25) is 0 Å². The number of nitro groups is 1. The Labute approximate surface area is 135 Å². The Bertz CT molecular complexity index is 522. The van der Waals surface area contributed by atoms with Crippen LogP contribution in [0.3, 0.4) is 0 Å². The second-order valence-electron chi connectivity index (χ2n) is 5.19. The second kappa shape index (κ2) is 10.4. The van der Waals surface area contributed by atoms with Crippen LogP contribution in [0, 0.1) is 10.1 Å². The normalized spacial score (nSPS) is 12.7. The summed E-state index contributed by atoms with van der Waals surface area (Å²) >= 11 is 0. The van der Waals surface area contributed by atoms with Crippen molar-refractivity contribution in [1.29, 1.82) is 0 Å². The van der Waals surface area contributed by atoms with Crippen molar-refractivity contribution < 1.29 is 10.8 Å². The highest BCUT2D eigenvalue weighted by Crippen LogP contribution is 2.15. The van der Waals surface area contributed by atoms with Gasteiger partial charge in [0.15, 0.2) is 5.03 Å². The smallest absolute Gasteiger partial charge is 0.266 e. The summed E-state index contributed by atoms with van der Waals surface area (Å²) in [5.41, 5.74) is 17.6. The van der Waals surface area contributed by atoms with E-state index in [-0.39, 0.29) is 12.0 Å². The van der Waals surface area contributed by atoms with E-state index >= 15 is 0 Å². The Kier molecular flexibility index (Phi) is 8.40. The van der Waals surface area contributed by atoms with E-state index in [1.165, 1.54) is 5.56 Å². The lowest BCUT2D eigenvalue weighted by Gasteiger charge is -2.16. The molecule has 128 valence electrons. The van der Waals surface area contributed by atoms with E-state index in [9.17, 15) is 10.1 Å². The van der Waals surface area contributed by atoms with Crippen molar-refractivity contribution in [2.45, 2.75) is 25.3 Å². The second-order valence-corrected chi connectivity index (χ2v) is 5.19. The average Bonchev–Trinajstić information content (AvgIpc) is 2.50. The fourth-order valence-electron chi connectivity index (χ4n) is 2.15. The van der Waals surface area contributed by atoms with Crippen LogP contribution in [0.25, 0.3) is 0 Å². The third kappa shape index (κ3) is 7.98. The number of quaternary nitrogens is 1. The van der Waals surface area contributed by atoms with Crippen molar-refractivity contribution >= 4 is 11.6 Å². The molecule has 23 heavy (non-hydrogen) atoms. The van der Waals surface area contributed by atoms with Crippen LogP contribution in [0.4, 0.5) is 5.69 Å². The first kappa shape index (κ1) is 18.7. The van der Waals surface area contributed by atoms with Crippen molar-refractivity contribution in [3.8, 4) is 0 Å². The number of nitrogens with two attached hydrogens (primary N) is 2. The Hall–Kier alpha value is -2.39. The van der Waals surface area contributed by atoms with E-state index in [1.54, 1.807) is 0 Å². The maximum absolute atomic E-state index is 10.1. The molecule has 1 aromatic carbocycles. The summed E-state index contributed by atoms with van der Waals surface area (Å²) < 4.78 is 0. The molecule has 0 heterocycles. The molecule has 1 rings (SSSR count). The van der Waals surface area contributed by atoms with Crippen LogP contribution < -0.4 is 27.8 Å². The van der Waals surface area contributed by atoms with Gasteiger partial charge in [0, 0.05) is 31.2 Å². The van der Waals surface area contributed by atoms with Crippen molar-refractivity contribution in [3.05, 3.63) is 39.9 Å². The highest BCUT2D eigenvalue weighted by atomic mass is 16.7. The summed E-state index contributed by atoms with van der Waals surface area (Å²) in [5, 5.41) is 18.3. The molecular weight excluding hydrogens is 298 g/mol. The number of hydrogen-bond acceptors (Lipinski definition) is 4. The molecule has 0 saturated heterocycles. The van der Waals surface area contributed by atoms with Crippen LogP contribution in [0.1, 0.15) is 18.4 Å². The van der Waals surface area contributed by atoms with Gasteiger partial charge in [0.1, 0.15) is 5.10 Å².